The molecule has 106 valence electrons. The molecule has 3 rings (SSSR count). The average molecular weight is 319 g/mol. The van der Waals surface area contributed by atoms with Crippen LogP contribution in [0.15, 0.2) is 54.6 Å². The number of hydrogen-bond acceptors (Lipinski definition) is 2. The summed E-state index contributed by atoms with van der Waals surface area (Å²) in [4.78, 5) is 11.5. The minimum absolute atomic E-state index is 0.273. The first kappa shape index (κ1) is 14.2. The molecule has 0 amide bonds. The van der Waals surface area contributed by atoms with Gasteiger partial charge in [0.25, 0.3) is 0 Å². The molecule has 0 aliphatic heterocycles. The Kier molecular flexibility index (Phi) is 3.52. The monoisotopic (exact) mass is 318 g/mol. The Morgan fingerprint density at radius 3 is 2.10 bits per heavy atom. The van der Waals surface area contributed by atoms with Crippen LogP contribution >= 0.6 is 23.2 Å². The SMILES string of the molecule is COc1ccc(-c2ccccc2C2=CC(=O)C2(Cl)Cl)cc1. The van der Waals surface area contributed by atoms with E-state index in [0.717, 1.165) is 22.4 Å². The first-order chi connectivity index (χ1) is 10.0. The molecule has 2 aromatic carbocycles. The molecular formula is C17H12Cl2O2. The normalized spacial score (nSPS) is 16.1. The molecular weight excluding hydrogens is 307 g/mol. The zero-order chi connectivity index (χ0) is 15.0. The van der Waals surface area contributed by atoms with Gasteiger partial charge in [-0.05, 0) is 34.9 Å². The third kappa shape index (κ3) is 2.35. The van der Waals surface area contributed by atoms with Crippen LogP contribution in [0.3, 0.4) is 0 Å². The van der Waals surface area contributed by atoms with E-state index in [1.54, 1.807) is 7.11 Å². The largest absolute Gasteiger partial charge is 0.497 e. The number of ketones is 1. The predicted molar refractivity (Wildman–Crippen MR) is 85.9 cm³/mol. The van der Waals surface area contributed by atoms with Crippen LogP contribution in [0.2, 0.25) is 0 Å². The van der Waals surface area contributed by atoms with Crippen LogP contribution < -0.4 is 4.74 Å². The summed E-state index contributed by atoms with van der Waals surface area (Å²) in [6.07, 6.45) is 1.49. The molecule has 0 bridgehead atoms. The van der Waals surface area contributed by atoms with E-state index >= 15 is 0 Å². The number of rotatable bonds is 3. The van der Waals surface area contributed by atoms with E-state index in [4.69, 9.17) is 27.9 Å². The third-order valence-electron chi connectivity index (χ3n) is 3.54. The lowest BCUT2D eigenvalue weighted by atomic mass is 9.85. The summed E-state index contributed by atoms with van der Waals surface area (Å²) >= 11 is 12.2. The van der Waals surface area contributed by atoms with Gasteiger partial charge in [-0.15, -0.1) is 0 Å². The van der Waals surface area contributed by atoms with Gasteiger partial charge in [0.1, 0.15) is 5.75 Å². The summed E-state index contributed by atoms with van der Waals surface area (Å²) in [6, 6.07) is 15.4. The van der Waals surface area contributed by atoms with Crippen LogP contribution in [-0.4, -0.2) is 17.2 Å². The summed E-state index contributed by atoms with van der Waals surface area (Å²) in [5.41, 5.74) is 3.50. The standard InChI is InChI=1S/C17H12Cl2O2/c1-21-12-8-6-11(7-9-12)13-4-2-3-5-14(13)15-10-16(20)17(15,18)19/h2-10H,1H3. The van der Waals surface area contributed by atoms with Crippen molar-refractivity contribution in [1.82, 2.24) is 0 Å². The second-order valence-electron chi connectivity index (χ2n) is 4.77. The molecule has 0 radical (unpaired) electrons. The van der Waals surface area contributed by atoms with Crippen LogP contribution in [0, 0.1) is 0 Å². The first-order valence-corrected chi connectivity index (χ1v) is 7.18. The van der Waals surface area contributed by atoms with Gasteiger partial charge >= 0.3 is 0 Å². The molecule has 0 saturated heterocycles. The van der Waals surface area contributed by atoms with Gasteiger partial charge in [0.15, 0.2) is 5.78 Å². The van der Waals surface area contributed by atoms with Crippen LogP contribution in [0.25, 0.3) is 16.7 Å². The zero-order valence-electron chi connectivity index (χ0n) is 11.3. The highest BCUT2D eigenvalue weighted by Crippen LogP contribution is 2.47. The number of ether oxygens (including phenoxy) is 1. The summed E-state index contributed by atoms with van der Waals surface area (Å²) in [6.45, 7) is 0. The molecule has 0 saturated carbocycles. The Hall–Kier alpha value is -1.77. The molecule has 21 heavy (non-hydrogen) atoms. The number of halogens is 2. The zero-order valence-corrected chi connectivity index (χ0v) is 12.8. The number of carbonyl (C=O) groups excluding carboxylic acids is 1. The molecule has 0 N–H and O–H groups in total. The molecule has 0 aromatic heterocycles. The molecule has 1 aliphatic rings. The Labute approximate surface area is 132 Å². The lowest BCUT2D eigenvalue weighted by Crippen LogP contribution is -2.35. The maximum atomic E-state index is 11.5. The summed E-state index contributed by atoms with van der Waals surface area (Å²) in [5, 5.41) is 0. The van der Waals surface area contributed by atoms with Gasteiger partial charge in [-0.1, -0.05) is 59.6 Å². The van der Waals surface area contributed by atoms with Gasteiger partial charge in [0, 0.05) is 5.57 Å². The lowest BCUT2D eigenvalue weighted by molar-refractivity contribution is -0.115. The molecule has 0 spiro atoms. The fourth-order valence-corrected chi connectivity index (χ4v) is 2.78. The Bertz CT molecular complexity index is 731. The maximum Gasteiger partial charge on any atom is 0.205 e. The fourth-order valence-electron chi connectivity index (χ4n) is 2.35. The van der Waals surface area contributed by atoms with Crippen LogP contribution in [0.4, 0.5) is 0 Å². The summed E-state index contributed by atoms with van der Waals surface area (Å²) in [5.74, 6) is 0.517. The highest BCUT2D eigenvalue weighted by molar-refractivity contribution is 6.69. The van der Waals surface area contributed by atoms with E-state index in [0.29, 0.717) is 5.57 Å². The Balaban J connectivity index is 2.08. The Morgan fingerprint density at radius 2 is 1.57 bits per heavy atom. The lowest BCUT2D eigenvalue weighted by Gasteiger charge is -2.30. The molecule has 2 aromatic rings. The van der Waals surface area contributed by atoms with E-state index in [-0.39, 0.29) is 5.78 Å². The van der Waals surface area contributed by atoms with Gasteiger partial charge < -0.3 is 4.74 Å². The molecule has 0 atom stereocenters. The first-order valence-electron chi connectivity index (χ1n) is 6.42. The van der Waals surface area contributed by atoms with Crippen molar-refractivity contribution in [3.05, 3.63) is 60.2 Å². The molecule has 1 aliphatic carbocycles. The topological polar surface area (TPSA) is 26.3 Å². The van der Waals surface area contributed by atoms with Crippen LogP contribution in [-0.2, 0) is 4.79 Å². The number of alkyl halides is 2. The average Bonchev–Trinajstić information content (AvgIpc) is 2.52. The molecule has 4 heteroatoms. The van der Waals surface area contributed by atoms with Crippen molar-refractivity contribution in [2.75, 3.05) is 7.11 Å². The molecule has 0 fully saturated rings. The molecule has 2 nitrogen and oxygen atoms in total. The van der Waals surface area contributed by atoms with Gasteiger partial charge in [0.2, 0.25) is 4.33 Å². The number of hydrogen-bond donors (Lipinski definition) is 0. The van der Waals surface area contributed by atoms with E-state index in [2.05, 4.69) is 0 Å². The number of benzene rings is 2. The molecule has 0 heterocycles. The van der Waals surface area contributed by atoms with Gasteiger partial charge in [-0.2, -0.15) is 0 Å². The smallest absolute Gasteiger partial charge is 0.205 e. The van der Waals surface area contributed by atoms with Crippen molar-refractivity contribution >= 4 is 34.6 Å². The van der Waals surface area contributed by atoms with Crippen molar-refractivity contribution in [2.24, 2.45) is 0 Å². The van der Waals surface area contributed by atoms with Crippen molar-refractivity contribution in [3.63, 3.8) is 0 Å². The van der Waals surface area contributed by atoms with Gasteiger partial charge in [-0.25, -0.2) is 0 Å². The number of methoxy groups -OCH3 is 1. The highest BCUT2D eigenvalue weighted by atomic mass is 35.5. The van der Waals surface area contributed by atoms with Gasteiger partial charge in [-0.3, -0.25) is 4.79 Å². The number of carbonyl (C=O) groups is 1. The summed E-state index contributed by atoms with van der Waals surface area (Å²) in [7, 11) is 1.63. The van der Waals surface area contributed by atoms with Crippen LogP contribution in [0.1, 0.15) is 5.56 Å². The van der Waals surface area contributed by atoms with E-state index in [1.165, 1.54) is 6.08 Å². The third-order valence-corrected chi connectivity index (χ3v) is 4.32. The summed E-state index contributed by atoms with van der Waals surface area (Å²) < 4.78 is 3.72. The van der Waals surface area contributed by atoms with E-state index in [1.807, 2.05) is 48.5 Å². The second kappa shape index (κ2) is 5.21. The second-order valence-corrected chi connectivity index (χ2v) is 6.10. The minimum atomic E-state index is -1.44. The van der Waals surface area contributed by atoms with Crippen molar-refractivity contribution in [1.29, 1.82) is 0 Å². The van der Waals surface area contributed by atoms with Crippen molar-refractivity contribution in [2.45, 2.75) is 4.33 Å². The number of allylic oxidation sites excluding steroid dienone is 2. The van der Waals surface area contributed by atoms with Crippen molar-refractivity contribution < 1.29 is 9.53 Å². The highest BCUT2D eigenvalue weighted by Gasteiger charge is 2.45. The van der Waals surface area contributed by atoms with Crippen LogP contribution in [0.5, 0.6) is 5.75 Å². The Morgan fingerprint density at radius 1 is 0.952 bits per heavy atom. The predicted octanol–water partition coefficient (Wildman–Crippen LogP) is 4.50. The maximum absolute atomic E-state index is 11.5. The molecule has 0 unspecified atom stereocenters. The fraction of sp³-hybridized carbons (Fsp3) is 0.118. The van der Waals surface area contributed by atoms with Gasteiger partial charge in [0.05, 0.1) is 7.11 Å². The van der Waals surface area contributed by atoms with E-state index < -0.39 is 4.33 Å². The minimum Gasteiger partial charge on any atom is -0.497 e. The quantitative estimate of drug-likeness (QED) is 0.779. The van der Waals surface area contributed by atoms with E-state index in [9.17, 15) is 4.79 Å². The van der Waals surface area contributed by atoms with Crippen molar-refractivity contribution in [3.8, 4) is 16.9 Å².